The van der Waals surface area contributed by atoms with Crippen LogP contribution in [0.2, 0.25) is 0 Å². The molecular weight excluding hydrogens is 527 g/mol. The highest BCUT2D eigenvalue weighted by molar-refractivity contribution is 7.91. The number of rotatable bonds is 6. The number of carbonyl (C=O) groups excluding carboxylic acids is 2. The van der Waals surface area contributed by atoms with Gasteiger partial charge in [-0.1, -0.05) is 12.1 Å². The number of benzene rings is 1. The summed E-state index contributed by atoms with van der Waals surface area (Å²) in [4.78, 5) is 30.2. The van der Waals surface area contributed by atoms with Crippen LogP contribution in [0.3, 0.4) is 0 Å². The molecule has 1 atom stereocenters. The number of fused-ring (bicyclic) bond motifs is 3. The van der Waals surface area contributed by atoms with Crippen molar-refractivity contribution in [2.45, 2.75) is 31.1 Å². The molecule has 1 spiro atoms. The van der Waals surface area contributed by atoms with Gasteiger partial charge in [-0.15, -0.1) is 0 Å². The van der Waals surface area contributed by atoms with E-state index in [2.05, 4.69) is 20.7 Å². The van der Waals surface area contributed by atoms with Gasteiger partial charge in [0.2, 0.25) is 5.91 Å². The number of amides is 2. The van der Waals surface area contributed by atoms with E-state index < -0.39 is 45.7 Å². The van der Waals surface area contributed by atoms with Crippen molar-refractivity contribution in [2.75, 3.05) is 23.9 Å². The highest BCUT2D eigenvalue weighted by atomic mass is 32.2. The fourth-order valence-electron chi connectivity index (χ4n) is 4.87. The number of alkyl halides is 3. The van der Waals surface area contributed by atoms with Crippen molar-refractivity contribution in [2.24, 2.45) is 0 Å². The van der Waals surface area contributed by atoms with Crippen LogP contribution in [-0.4, -0.2) is 59.8 Å². The molecule has 200 valence electrons. The molecule has 10 nitrogen and oxygen atoms in total. The van der Waals surface area contributed by atoms with Gasteiger partial charge >= 0.3 is 6.18 Å². The van der Waals surface area contributed by atoms with Crippen LogP contribution < -0.4 is 15.4 Å². The van der Waals surface area contributed by atoms with E-state index in [-0.39, 0.29) is 29.4 Å². The number of nitrogens with zero attached hydrogens (tertiary/aromatic N) is 3. The highest BCUT2D eigenvalue weighted by Crippen LogP contribution is 2.43. The van der Waals surface area contributed by atoms with Gasteiger partial charge < -0.3 is 15.4 Å². The number of ether oxygens (including phenoxy) is 1. The number of aromatic nitrogens is 3. The zero-order valence-electron chi connectivity index (χ0n) is 20.0. The fraction of sp³-hybridized carbons (Fsp3) is 0.333. The Morgan fingerprint density at radius 2 is 2.05 bits per heavy atom. The summed E-state index contributed by atoms with van der Waals surface area (Å²) < 4.78 is 67.3. The first-order valence-corrected chi connectivity index (χ1v) is 13.5. The molecular formula is C24H22F3N5O5S. The molecule has 2 aliphatic rings. The predicted molar refractivity (Wildman–Crippen MR) is 129 cm³/mol. The molecule has 38 heavy (non-hydrogen) atoms. The van der Waals surface area contributed by atoms with Crippen LogP contribution in [0, 0.1) is 0 Å². The van der Waals surface area contributed by atoms with E-state index in [0.29, 0.717) is 18.5 Å². The summed E-state index contributed by atoms with van der Waals surface area (Å²) in [6.07, 6.45) is -1.07. The van der Waals surface area contributed by atoms with Crippen LogP contribution >= 0.6 is 0 Å². The van der Waals surface area contributed by atoms with Gasteiger partial charge in [0.05, 0.1) is 17.8 Å². The average molecular weight is 550 g/mol. The molecule has 14 heteroatoms. The maximum Gasteiger partial charge on any atom is 0.422 e. The molecule has 1 aliphatic carbocycles. The number of hydrogen-bond acceptors (Lipinski definition) is 7. The van der Waals surface area contributed by atoms with E-state index in [1.54, 1.807) is 24.3 Å². The Labute approximate surface area is 215 Å². The van der Waals surface area contributed by atoms with Crippen LogP contribution in [0.15, 0.2) is 42.6 Å². The Hall–Kier alpha value is -3.94. The lowest BCUT2D eigenvalue weighted by molar-refractivity contribution is -0.153. The lowest BCUT2D eigenvalue weighted by Crippen LogP contribution is -2.52. The molecule has 0 fully saturated rings. The largest absolute Gasteiger partial charge is 0.484 e. The normalized spacial score (nSPS) is 18.6. The molecule has 1 aliphatic heterocycles. The van der Waals surface area contributed by atoms with Crippen LogP contribution in [0.4, 0.5) is 18.9 Å². The van der Waals surface area contributed by atoms with E-state index >= 15 is 0 Å². The zero-order chi connectivity index (χ0) is 27.3. The maximum atomic E-state index is 13.5. The van der Waals surface area contributed by atoms with Crippen LogP contribution in [0.5, 0.6) is 5.75 Å². The Kier molecular flexibility index (Phi) is 6.16. The summed E-state index contributed by atoms with van der Waals surface area (Å²) >= 11 is 0. The van der Waals surface area contributed by atoms with Crippen molar-refractivity contribution < 1.29 is 35.9 Å². The first kappa shape index (κ1) is 25.7. The second-order valence-electron chi connectivity index (χ2n) is 9.32. The SMILES string of the molecule is CS(=O)(=O)CC(=O)Nc1c(-c2ccccn2)nn2c1C(=O)N[C@@]1(CCc3cc(OCC(F)(F)F)ccc31)C2. The Morgan fingerprint density at radius 1 is 1.26 bits per heavy atom. The van der Waals surface area contributed by atoms with Gasteiger partial charge in [-0.3, -0.25) is 19.3 Å². The Balaban J connectivity index is 1.51. The smallest absolute Gasteiger partial charge is 0.422 e. The average Bonchev–Trinajstić information content (AvgIpc) is 3.35. The van der Waals surface area contributed by atoms with Crippen molar-refractivity contribution in [1.82, 2.24) is 20.1 Å². The molecule has 0 bridgehead atoms. The topological polar surface area (TPSA) is 132 Å². The number of nitrogens with one attached hydrogen (secondary N) is 2. The Morgan fingerprint density at radius 3 is 2.74 bits per heavy atom. The van der Waals surface area contributed by atoms with Gasteiger partial charge in [0.25, 0.3) is 5.91 Å². The van der Waals surface area contributed by atoms with Crippen molar-refractivity contribution in [3.8, 4) is 17.1 Å². The first-order valence-electron chi connectivity index (χ1n) is 11.5. The van der Waals surface area contributed by atoms with E-state index in [4.69, 9.17) is 4.74 Å². The molecule has 2 aromatic heterocycles. The summed E-state index contributed by atoms with van der Waals surface area (Å²) in [6, 6.07) is 9.63. The third-order valence-electron chi connectivity index (χ3n) is 6.32. The summed E-state index contributed by atoms with van der Waals surface area (Å²) in [5.41, 5.74) is 1.23. The van der Waals surface area contributed by atoms with Crippen LogP contribution in [-0.2, 0) is 33.1 Å². The standard InChI is InChI=1S/C24H22F3N5O5S/c1-38(35,36)11-18(33)29-20-19(17-4-2-3-9-28-17)31-32-12-23(30-22(34)21(20)32)8-7-14-10-15(5-6-16(14)23)37-13-24(25,26)27/h2-6,9-10H,7-8,11-13H2,1H3,(H,29,33)(H,30,34)/t23-/m0/s1. The summed E-state index contributed by atoms with van der Waals surface area (Å²) in [5.74, 6) is -2.08. The van der Waals surface area contributed by atoms with Crippen LogP contribution in [0.25, 0.3) is 11.4 Å². The van der Waals surface area contributed by atoms with Crippen molar-refractivity contribution in [3.63, 3.8) is 0 Å². The lowest BCUT2D eigenvalue weighted by Gasteiger charge is -2.36. The molecule has 0 radical (unpaired) electrons. The van der Waals surface area contributed by atoms with Crippen molar-refractivity contribution in [3.05, 3.63) is 59.4 Å². The van der Waals surface area contributed by atoms with Gasteiger partial charge in [0.15, 0.2) is 22.1 Å². The third kappa shape index (κ3) is 5.08. The van der Waals surface area contributed by atoms with E-state index in [1.165, 1.54) is 23.0 Å². The third-order valence-corrected chi connectivity index (χ3v) is 7.11. The van der Waals surface area contributed by atoms with E-state index in [1.807, 2.05) is 0 Å². The van der Waals surface area contributed by atoms with E-state index in [0.717, 1.165) is 17.4 Å². The van der Waals surface area contributed by atoms with Crippen molar-refractivity contribution >= 4 is 27.3 Å². The van der Waals surface area contributed by atoms with Gasteiger partial charge in [-0.25, -0.2) is 8.42 Å². The monoisotopic (exact) mass is 549 g/mol. The maximum absolute atomic E-state index is 13.5. The van der Waals surface area contributed by atoms with Gasteiger partial charge in [-0.2, -0.15) is 18.3 Å². The first-order chi connectivity index (χ1) is 17.8. The number of anilines is 1. The van der Waals surface area contributed by atoms with E-state index in [9.17, 15) is 31.2 Å². The number of hydrogen-bond donors (Lipinski definition) is 2. The van der Waals surface area contributed by atoms with Crippen molar-refractivity contribution in [1.29, 1.82) is 0 Å². The predicted octanol–water partition coefficient (Wildman–Crippen LogP) is 2.45. The highest BCUT2D eigenvalue weighted by Gasteiger charge is 2.46. The number of carbonyl (C=O) groups is 2. The minimum Gasteiger partial charge on any atom is -0.484 e. The molecule has 3 aromatic rings. The molecule has 0 saturated heterocycles. The molecule has 1 aromatic carbocycles. The molecule has 2 amide bonds. The summed E-state index contributed by atoms with van der Waals surface area (Å²) in [6.45, 7) is -1.24. The fourth-order valence-corrected chi connectivity index (χ4v) is 5.42. The van der Waals surface area contributed by atoms with Gasteiger partial charge in [0, 0.05) is 12.5 Å². The number of aryl methyl sites for hydroxylation is 1. The second-order valence-corrected chi connectivity index (χ2v) is 11.5. The quantitative estimate of drug-likeness (QED) is 0.483. The molecule has 3 heterocycles. The molecule has 0 unspecified atom stereocenters. The molecule has 5 rings (SSSR count). The van der Waals surface area contributed by atoms with Gasteiger partial charge in [-0.05, 0) is 48.2 Å². The number of pyridine rings is 1. The van der Waals surface area contributed by atoms with Gasteiger partial charge in [0.1, 0.15) is 22.9 Å². The lowest BCUT2D eigenvalue weighted by atomic mass is 9.89. The summed E-state index contributed by atoms with van der Waals surface area (Å²) in [5, 5.41) is 10.1. The minimum absolute atomic E-state index is 0.0386. The zero-order valence-corrected chi connectivity index (χ0v) is 20.8. The molecule has 0 saturated carbocycles. The number of halogens is 3. The second kappa shape index (κ2) is 9.11. The molecule has 2 N–H and O–H groups in total. The Bertz CT molecular complexity index is 1540. The summed E-state index contributed by atoms with van der Waals surface area (Å²) in [7, 11) is -3.63. The van der Waals surface area contributed by atoms with Crippen LogP contribution in [0.1, 0.15) is 28.0 Å². The number of sulfone groups is 1. The minimum atomic E-state index is -4.46.